The Morgan fingerprint density at radius 2 is 0.836 bits per heavy atom. The number of halogens is 1. The van der Waals surface area contributed by atoms with Gasteiger partial charge >= 0.3 is 0 Å². The van der Waals surface area contributed by atoms with Gasteiger partial charge in [-0.15, -0.1) is 0 Å². The maximum atomic E-state index is 16.9. The second-order valence-corrected chi connectivity index (χ2v) is 16.5. The van der Waals surface area contributed by atoms with Crippen LogP contribution in [-0.4, -0.2) is 9.13 Å². The zero-order valence-electron chi connectivity index (χ0n) is 34.9. The highest BCUT2D eigenvalue weighted by Crippen LogP contribution is 2.45. The number of nitrogens with zero attached hydrogens (tertiary/aromatic N) is 4. The van der Waals surface area contributed by atoms with Gasteiger partial charge in [0.2, 0.25) is 0 Å². The Bertz CT molecular complexity index is 3340. The summed E-state index contributed by atoms with van der Waals surface area (Å²) in [6, 6.07) is 51.6. The highest BCUT2D eigenvalue weighted by atomic mass is 19.1. The molecular weight excluding hydrogens is 748 g/mol. The summed E-state index contributed by atoms with van der Waals surface area (Å²) in [5.74, 6) is -0.520. The first-order valence-corrected chi connectivity index (χ1v) is 20.6. The van der Waals surface area contributed by atoms with E-state index in [9.17, 15) is 10.5 Å². The molecule has 2 aromatic heterocycles. The zero-order valence-corrected chi connectivity index (χ0v) is 34.9. The van der Waals surface area contributed by atoms with E-state index in [1.54, 1.807) is 12.1 Å². The average Bonchev–Trinajstić information content (AvgIpc) is 3.75. The van der Waals surface area contributed by atoms with Crippen molar-refractivity contribution in [3.05, 3.63) is 190 Å². The molecule has 0 atom stereocenters. The van der Waals surface area contributed by atoms with Crippen molar-refractivity contribution in [2.24, 2.45) is 0 Å². The second-order valence-electron chi connectivity index (χ2n) is 16.5. The Labute approximate surface area is 354 Å². The summed E-state index contributed by atoms with van der Waals surface area (Å²) in [5.41, 5.74) is 18.6. The fraction of sp³-hybridized carbons (Fsp3) is 0.107. The molecule has 0 aliphatic heterocycles. The summed E-state index contributed by atoms with van der Waals surface area (Å²) in [6.45, 7) is 12.9. The molecule has 5 heteroatoms. The van der Waals surface area contributed by atoms with Gasteiger partial charge in [0.05, 0.1) is 56.7 Å². The second kappa shape index (κ2) is 14.2. The highest BCUT2D eigenvalue weighted by Gasteiger charge is 2.25. The Hall–Kier alpha value is -7.73. The quantitative estimate of drug-likeness (QED) is 0.174. The van der Waals surface area contributed by atoms with E-state index in [4.69, 9.17) is 0 Å². The molecule has 0 radical (unpaired) electrons. The topological polar surface area (TPSA) is 57.4 Å². The predicted octanol–water partition coefficient (Wildman–Crippen LogP) is 14.6. The fourth-order valence-electron chi connectivity index (χ4n) is 10.1. The molecule has 0 aliphatic rings. The summed E-state index contributed by atoms with van der Waals surface area (Å²) < 4.78 is 21.2. The number of aromatic nitrogens is 2. The molecule has 61 heavy (non-hydrogen) atoms. The number of hydrogen-bond acceptors (Lipinski definition) is 2. The molecule has 10 aromatic rings. The number of hydrogen-bond donors (Lipinski definition) is 0. The Kier molecular flexibility index (Phi) is 8.75. The van der Waals surface area contributed by atoms with Crippen LogP contribution in [0.4, 0.5) is 4.39 Å². The lowest BCUT2D eigenvalue weighted by atomic mass is 9.93. The van der Waals surface area contributed by atoms with Gasteiger partial charge in [0.15, 0.2) is 0 Å². The molecular formula is C56H41FN4. The minimum atomic E-state index is -0.520. The maximum absolute atomic E-state index is 16.9. The molecule has 8 aromatic carbocycles. The molecule has 2 heterocycles. The van der Waals surface area contributed by atoms with E-state index in [1.807, 2.05) is 36.4 Å². The number of para-hydroxylation sites is 2. The van der Waals surface area contributed by atoms with Gasteiger partial charge in [0.1, 0.15) is 5.82 Å². The van der Waals surface area contributed by atoms with Gasteiger partial charge in [-0.1, -0.05) is 83.9 Å². The van der Waals surface area contributed by atoms with Crippen molar-refractivity contribution in [2.45, 2.75) is 41.5 Å². The van der Waals surface area contributed by atoms with Crippen molar-refractivity contribution >= 4 is 43.6 Å². The molecule has 4 nitrogen and oxygen atoms in total. The number of benzene rings is 8. The minimum absolute atomic E-state index is 0.232. The first kappa shape index (κ1) is 37.5. The van der Waals surface area contributed by atoms with Gasteiger partial charge in [0.25, 0.3) is 0 Å². The Morgan fingerprint density at radius 3 is 1.26 bits per heavy atom. The van der Waals surface area contributed by atoms with Crippen molar-refractivity contribution in [3.8, 4) is 56.9 Å². The van der Waals surface area contributed by atoms with Crippen LogP contribution in [0.3, 0.4) is 0 Å². The van der Waals surface area contributed by atoms with Crippen LogP contribution >= 0.6 is 0 Å². The van der Waals surface area contributed by atoms with Crippen LogP contribution in [0.5, 0.6) is 0 Å². The molecule has 0 saturated heterocycles. The molecule has 0 bridgehead atoms. The smallest absolute Gasteiger partial charge is 0.132 e. The number of aryl methyl sites for hydroxylation is 6. The average molecular weight is 789 g/mol. The Morgan fingerprint density at radius 1 is 0.410 bits per heavy atom. The summed E-state index contributed by atoms with van der Waals surface area (Å²) in [7, 11) is 0. The summed E-state index contributed by atoms with van der Waals surface area (Å²) in [5, 5.41) is 24.8. The summed E-state index contributed by atoms with van der Waals surface area (Å²) in [4.78, 5) is 0. The third kappa shape index (κ3) is 5.93. The van der Waals surface area contributed by atoms with Crippen molar-refractivity contribution in [3.63, 3.8) is 0 Å². The van der Waals surface area contributed by atoms with Crippen LogP contribution < -0.4 is 0 Å². The largest absolute Gasteiger partial charge is 0.308 e. The Balaban J connectivity index is 1.33. The molecule has 0 aliphatic carbocycles. The van der Waals surface area contributed by atoms with Crippen LogP contribution in [0.1, 0.15) is 44.5 Å². The fourth-order valence-corrected chi connectivity index (χ4v) is 10.1. The van der Waals surface area contributed by atoms with Crippen molar-refractivity contribution in [2.75, 3.05) is 0 Å². The first-order chi connectivity index (χ1) is 29.5. The van der Waals surface area contributed by atoms with E-state index in [-0.39, 0.29) is 5.56 Å². The van der Waals surface area contributed by atoms with E-state index in [1.165, 1.54) is 50.6 Å². The van der Waals surface area contributed by atoms with E-state index < -0.39 is 5.82 Å². The SMILES string of the molecule is Cc1cc(C)c(-c2ccc3c(c2)c2ccccc2n3-c2cc(C#N)cc(-n3c4ccccc4c4cc(-c5c(C)cc(C)cc5C)ccc43)c2-c2ccc(C#N)cc2F)c(C)c1. The third-order valence-electron chi connectivity index (χ3n) is 12.4. The lowest BCUT2D eigenvalue weighted by Gasteiger charge is -2.21. The maximum Gasteiger partial charge on any atom is 0.132 e. The van der Waals surface area contributed by atoms with E-state index in [2.05, 4.69) is 148 Å². The molecule has 0 spiro atoms. The molecule has 0 saturated carbocycles. The van der Waals surface area contributed by atoms with Crippen LogP contribution in [0.2, 0.25) is 0 Å². The summed E-state index contributed by atoms with van der Waals surface area (Å²) in [6.07, 6.45) is 0. The zero-order chi connectivity index (χ0) is 42.3. The van der Waals surface area contributed by atoms with Gasteiger partial charge in [-0.25, -0.2) is 4.39 Å². The van der Waals surface area contributed by atoms with Crippen molar-refractivity contribution in [1.29, 1.82) is 10.5 Å². The summed E-state index contributed by atoms with van der Waals surface area (Å²) >= 11 is 0. The number of rotatable bonds is 5. The van der Waals surface area contributed by atoms with Gasteiger partial charge in [0, 0.05) is 32.7 Å². The van der Waals surface area contributed by atoms with Crippen molar-refractivity contribution in [1.82, 2.24) is 9.13 Å². The lowest BCUT2D eigenvalue weighted by Crippen LogP contribution is -2.06. The van der Waals surface area contributed by atoms with Crippen LogP contribution in [0.25, 0.3) is 88.4 Å². The van der Waals surface area contributed by atoms with E-state index >= 15 is 4.39 Å². The van der Waals surface area contributed by atoms with Gasteiger partial charge in [-0.2, -0.15) is 10.5 Å². The highest BCUT2D eigenvalue weighted by molar-refractivity contribution is 6.13. The standard InChI is InChI=1S/C56H41FN4/c1-32-21-34(3)54(35(4)22-32)40-16-19-50-45(28-40)42-11-7-9-13-48(42)60(50)52-26-39(31-59)27-53(56(52)44-18-15-38(30-58)25-47(44)57)61-49-14-10-8-12-43(49)46-29-41(17-20-51(46)61)55-36(5)23-33(2)24-37(55)6/h7-29H,1-6H3. The van der Waals surface area contributed by atoms with Crippen LogP contribution in [0.15, 0.2) is 140 Å². The molecule has 292 valence electrons. The predicted molar refractivity (Wildman–Crippen MR) is 249 cm³/mol. The molecule has 0 N–H and O–H groups in total. The molecule has 0 fully saturated rings. The van der Waals surface area contributed by atoms with Crippen LogP contribution in [0, 0.1) is 70.0 Å². The van der Waals surface area contributed by atoms with Gasteiger partial charge in [-0.3, -0.25) is 0 Å². The van der Waals surface area contributed by atoms with E-state index in [0.29, 0.717) is 28.1 Å². The van der Waals surface area contributed by atoms with Crippen molar-refractivity contribution < 1.29 is 4.39 Å². The first-order valence-electron chi connectivity index (χ1n) is 20.6. The monoisotopic (exact) mass is 788 g/mol. The molecule has 0 amide bonds. The molecule has 0 unspecified atom stereocenters. The van der Waals surface area contributed by atoms with E-state index in [0.717, 1.165) is 54.7 Å². The normalized spacial score (nSPS) is 11.5. The van der Waals surface area contributed by atoms with Gasteiger partial charge < -0.3 is 9.13 Å². The number of fused-ring (bicyclic) bond motifs is 6. The van der Waals surface area contributed by atoms with Gasteiger partial charge in [-0.05, 0) is 153 Å². The minimum Gasteiger partial charge on any atom is -0.308 e. The lowest BCUT2D eigenvalue weighted by molar-refractivity contribution is 0.630. The molecule has 10 rings (SSSR count). The van der Waals surface area contributed by atoms with Crippen LogP contribution in [-0.2, 0) is 0 Å². The number of nitriles is 2. The third-order valence-corrected chi connectivity index (χ3v) is 12.4.